The number of H-pyrrole nitrogens is 1. The molecule has 1 aliphatic heterocycles. The van der Waals surface area contributed by atoms with Gasteiger partial charge in [-0.25, -0.2) is 14.4 Å². The zero-order chi connectivity index (χ0) is 24.2. The Balaban J connectivity index is 1.54. The number of ether oxygens (including phenoxy) is 1. The van der Waals surface area contributed by atoms with Crippen LogP contribution in [0.3, 0.4) is 0 Å². The first-order valence-electron chi connectivity index (χ1n) is 10.0. The predicted molar refractivity (Wildman–Crippen MR) is 120 cm³/mol. The van der Waals surface area contributed by atoms with Gasteiger partial charge in [-0.05, 0) is 17.7 Å². The highest BCUT2D eigenvalue weighted by atomic mass is 35.5. The third-order valence-corrected chi connectivity index (χ3v) is 6.38. The van der Waals surface area contributed by atoms with Gasteiger partial charge < -0.3 is 24.7 Å². The number of nitrogens with one attached hydrogen (secondary N) is 2. The van der Waals surface area contributed by atoms with Gasteiger partial charge in [-0.3, -0.25) is 18.9 Å². The van der Waals surface area contributed by atoms with Crippen LogP contribution in [0.1, 0.15) is 11.8 Å². The van der Waals surface area contributed by atoms with E-state index in [-0.39, 0.29) is 6.54 Å². The summed E-state index contributed by atoms with van der Waals surface area (Å²) >= 11 is 5.73. The maximum absolute atomic E-state index is 12.3. The summed E-state index contributed by atoms with van der Waals surface area (Å²) in [6.07, 6.45) is -4.40. The first-order chi connectivity index (χ1) is 15.6. The number of hydrogen-bond donors (Lipinski definition) is 5. The van der Waals surface area contributed by atoms with E-state index in [0.29, 0.717) is 12.4 Å². The van der Waals surface area contributed by atoms with Gasteiger partial charge >= 0.3 is 13.4 Å². The number of aliphatic hydroxyl groups excluding tert-OH is 2. The van der Waals surface area contributed by atoms with Gasteiger partial charge in [-0.15, -0.1) is 11.6 Å². The van der Waals surface area contributed by atoms with E-state index in [2.05, 4.69) is 5.09 Å². The van der Waals surface area contributed by atoms with Crippen LogP contribution in [0.5, 0.6) is 0 Å². The van der Waals surface area contributed by atoms with Gasteiger partial charge in [0.15, 0.2) is 6.23 Å². The molecule has 14 heteroatoms. The van der Waals surface area contributed by atoms with Gasteiger partial charge in [0.05, 0.1) is 6.61 Å². The molecule has 0 saturated carbocycles. The molecule has 1 aliphatic rings. The van der Waals surface area contributed by atoms with Crippen molar-refractivity contribution in [3.8, 4) is 0 Å². The van der Waals surface area contributed by atoms with Gasteiger partial charge in [0.25, 0.3) is 5.56 Å². The van der Waals surface area contributed by atoms with Gasteiger partial charge in [0.2, 0.25) is 0 Å². The van der Waals surface area contributed by atoms with Crippen molar-refractivity contribution < 1.29 is 28.9 Å². The number of halogens is 1. The Bertz CT molecular complexity index is 1090. The molecule has 33 heavy (non-hydrogen) atoms. The molecule has 2 heterocycles. The first kappa shape index (κ1) is 25.6. The number of aromatic nitrogens is 2. The number of nitrogens with zero attached hydrogens (tertiary/aromatic N) is 2. The molecular weight excluding hydrogens is 479 g/mol. The number of anilines is 1. The van der Waals surface area contributed by atoms with Crippen molar-refractivity contribution in [2.75, 3.05) is 31.0 Å². The van der Waals surface area contributed by atoms with Crippen molar-refractivity contribution in [2.24, 2.45) is 0 Å². The fourth-order valence-corrected chi connectivity index (χ4v) is 4.34. The van der Waals surface area contributed by atoms with Crippen molar-refractivity contribution in [1.82, 2.24) is 14.6 Å². The number of benzene rings is 1. The van der Waals surface area contributed by atoms with Gasteiger partial charge in [-0.2, -0.15) is 0 Å². The second-order valence-corrected chi connectivity index (χ2v) is 9.48. The number of alkyl halides is 1. The van der Waals surface area contributed by atoms with Crippen LogP contribution in [0.4, 0.5) is 5.69 Å². The van der Waals surface area contributed by atoms with Crippen molar-refractivity contribution in [3.05, 3.63) is 62.9 Å². The lowest BCUT2D eigenvalue weighted by molar-refractivity contribution is -0.0528. The summed E-state index contributed by atoms with van der Waals surface area (Å²) in [4.78, 5) is 37.2. The Morgan fingerprint density at radius 2 is 1.94 bits per heavy atom. The lowest BCUT2D eigenvalue weighted by Crippen LogP contribution is -2.37. The van der Waals surface area contributed by atoms with Gasteiger partial charge in [-0.1, -0.05) is 12.1 Å². The lowest BCUT2D eigenvalue weighted by atomic mass is 10.1. The minimum Gasteiger partial charge on any atom is -0.387 e. The van der Waals surface area contributed by atoms with Gasteiger partial charge in [0, 0.05) is 44.0 Å². The van der Waals surface area contributed by atoms with Crippen molar-refractivity contribution in [3.63, 3.8) is 0 Å². The van der Waals surface area contributed by atoms with E-state index >= 15 is 0 Å². The molecule has 5 N–H and O–H groups in total. The van der Waals surface area contributed by atoms with Gasteiger partial charge in [0.1, 0.15) is 18.3 Å². The van der Waals surface area contributed by atoms with Crippen molar-refractivity contribution >= 4 is 25.0 Å². The maximum atomic E-state index is 12.3. The Labute approximate surface area is 193 Å². The minimum atomic E-state index is -4.27. The van der Waals surface area contributed by atoms with E-state index in [1.54, 1.807) is 12.1 Å². The number of aromatic amines is 1. The second kappa shape index (κ2) is 10.9. The molecule has 0 aliphatic carbocycles. The van der Waals surface area contributed by atoms with Crippen molar-refractivity contribution in [2.45, 2.75) is 31.1 Å². The van der Waals surface area contributed by atoms with Crippen molar-refractivity contribution in [1.29, 1.82) is 0 Å². The summed E-state index contributed by atoms with van der Waals surface area (Å²) in [5.74, 6) is 0.490. The number of rotatable bonds is 10. The van der Waals surface area contributed by atoms with Crippen LogP contribution >= 0.6 is 19.3 Å². The molecule has 1 unspecified atom stereocenters. The van der Waals surface area contributed by atoms with Crippen LogP contribution in [-0.2, 0) is 20.4 Å². The molecule has 12 nitrogen and oxygen atoms in total. The molecule has 2 aromatic rings. The fraction of sp³-hybridized carbons (Fsp3) is 0.474. The molecule has 182 valence electrons. The Hall–Kier alpha value is -2.02. The average molecular weight is 505 g/mol. The summed E-state index contributed by atoms with van der Waals surface area (Å²) in [7, 11) is -2.37. The van der Waals surface area contributed by atoms with Crippen LogP contribution in [0.15, 0.2) is 46.1 Å². The first-order valence-corrected chi connectivity index (χ1v) is 12.1. The molecular formula is C19H26ClN4O8P. The monoisotopic (exact) mass is 504 g/mol. The molecule has 0 amide bonds. The highest BCUT2D eigenvalue weighted by molar-refractivity contribution is 7.50. The van der Waals surface area contributed by atoms with E-state index in [1.165, 1.54) is 0 Å². The molecule has 1 saturated heterocycles. The standard InChI is InChI=1S/C19H26ClN4O8P/c1-23(9-7-20)13-4-2-12(3-5-13)10-21-33(29,30)31-11-14-16(26)17(27)18(32-14)24-8-6-15(25)22-19(24)28/h2-6,8,14,16-18,26-27H,7,9-11H2,1H3,(H2,21,29,30)(H,22,25,28)/t14-,16-,17-,18-/m1/s1. The Kier molecular flexibility index (Phi) is 8.48. The van der Waals surface area contributed by atoms with Crippen LogP contribution in [-0.4, -0.2) is 69.0 Å². The zero-order valence-corrected chi connectivity index (χ0v) is 19.4. The highest BCUT2D eigenvalue weighted by Gasteiger charge is 2.45. The third-order valence-electron chi connectivity index (χ3n) is 5.16. The van der Waals surface area contributed by atoms with E-state index < -0.39 is 50.1 Å². The molecule has 3 rings (SSSR count). The van der Waals surface area contributed by atoms with E-state index in [1.807, 2.05) is 29.1 Å². The summed E-state index contributed by atoms with van der Waals surface area (Å²) in [5.41, 5.74) is 0.217. The Morgan fingerprint density at radius 3 is 2.58 bits per heavy atom. The summed E-state index contributed by atoms with van der Waals surface area (Å²) in [6.45, 7) is 0.190. The largest absolute Gasteiger partial charge is 0.403 e. The minimum absolute atomic E-state index is 0.0410. The lowest BCUT2D eigenvalue weighted by Gasteiger charge is -2.19. The molecule has 1 aromatic carbocycles. The second-order valence-electron chi connectivity index (χ2n) is 7.49. The summed E-state index contributed by atoms with van der Waals surface area (Å²) in [5, 5.41) is 22.8. The smallest absolute Gasteiger partial charge is 0.387 e. The molecule has 0 spiro atoms. The highest BCUT2D eigenvalue weighted by Crippen LogP contribution is 2.39. The zero-order valence-electron chi connectivity index (χ0n) is 17.7. The van der Waals surface area contributed by atoms with E-state index in [4.69, 9.17) is 20.9 Å². The van der Waals surface area contributed by atoms with Crippen LogP contribution < -0.4 is 21.2 Å². The topological polar surface area (TPSA) is 166 Å². The third kappa shape index (κ3) is 6.52. The molecule has 0 radical (unpaired) electrons. The number of hydrogen-bond acceptors (Lipinski definition) is 8. The molecule has 0 bridgehead atoms. The Morgan fingerprint density at radius 1 is 1.24 bits per heavy atom. The van der Waals surface area contributed by atoms with Crippen LogP contribution in [0.2, 0.25) is 0 Å². The van der Waals surface area contributed by atoms with E-state index in [0.717, 1.165) is 28.1 Å². The van der Waals surface area contributed by atoms with Crippen LogP contribution in [0, 0.1) is 0 Å². The quantitative estimate of drug-likeness (QED) is 0.215. The van der Waals surface area contributed by atoms with Crippen LogP contribution in [0.25, 0.3) is 0 Å². The SMILES string of the molecule is CN(CCCl)c1ccc(CNP(=O)(O)OC[C@H]2O[C@@H](n3ccc(=O)[nH]c3=O)[C@H](O)[C@@H]2O)cc1. The molecule has 5 atom stereocenters. The summed E-state index contributed by atoms with van der Waals surface area (Å²) < 4.78 is 23.7. The molecule has 1 aromatic heterocycles. The summed E-state index contributed by atoms with van der Waals surface area (Å²) in [6, 6.07) is 8.35. The number of aliphatic hydroxyl groups is 2. The van der Waals surface area contributed by atoms with E-state index in [9.17, 15) is 29.3 Å². The molecule has 1 fully saturated rings. The fourth-order valence-electron chi connectivity index (χ4n) is 3.26. The normalized spacial score (nSPS) is 24.5. The maximum Gasteiger partial charge on any atom is 0.403 e. The predicted octanol–water partition coefficient (Wildman–Crippen LogP) is -0.262. The average Bonchev–Trinajstić information content (AvgIpc) is 3.05.